The molecule has 1 aromatic rings. The molecular formula is C13H17NO. The molecule has 0 saturated heterocycles. The molecule has 2 nitrogen and oxygen atoms in total. The Morgan fingerprint density at radius 3 is 2.47 bits per heavy atom. The average Bonchev–Trinajstić information content (AvgIpc) is 2.34. The molecule has 0 unspecified atom stereocenters. The van der Waals surface area contributed by atoms with Crippen LogP contribution in [0.1, 0.15) is 37.2 Å². The molecule has 0 spiro atoms. The third kappa shape index (κ3) is 3.31. The summed E-state index contributed by atoms with van der Waals surface area (Å²) < 4.78 is 0. The van der Waals surface area contributed by atoms with Crippen molar-refractivity contribution < 1.29 is 4.79 Å². The second-order valence-corrected chi connectivity index (χ2v) is 3.60. The fourth-order valence-electron chi connectivity index (χ4n) is 1.89. The molecule has 0 aromatic carbocycles. The van der Waals surface area contributed by atoms with E-state index in [1.807, 2.05) is 12.3 Å². The molecule has 0 amide bonds. The first-order valence-electron chi connectivity index (χ1n) is 5.28. The SMILES string of the molecule is C=C.O=C1CCC(c2cccnc2)CC1. The average molecular weight is 203 g/mol. The number of hydrogen-bond donors (Lipinski definition) is 0. The number of carbonyl (C=O) groups excluding carboxylic acids is 1. The Morgan fingerprint density at radius 2 is 1.93 bits per heavy atom. The van der Waals surface area contributed by atoms with Crippen LogP contribution in [0.25, 0.3) is 0 Å². The zero-order valence-corrected chi connectivity index (χ0v) is 8.98. The minimum absolute atomic E-state index is 0.417. The first-order valence-corrected chi connectivity index (χ1v) is 5.28. The fourth-order valence-corrected chi connectivity index (χ4v) is 1.89. The Morgan fingerprint density at radius 1 is 1.27 bits per heavy atom. The predicted molar refractivity (Wildman–Crippen MR) is 61.7 cm³/mol. The maximum Gasteiger partial charge on any atom is 0.132 e. The highest BCUT2D eigenvalue weighted by Gasteiger charge is 2.19. The van der Waals surface area contributed by atoms with E-state index in [1.54, 1.807) is 6.20 Å². The van der Waals surface area contributed by atoms with Crippen molar-refractivity contribution in [1.29, 1.82) is 0 Å². The van der Waals surface area contributed by atoms with Gasteiger partial charge < -0.3 is 0 Å². The van der Waals surface area contributed by atoms with Gasteiger partial charge in [0.1, 0.15) is 5.78 Å². The smallest absolute Gasteiger partial charge is 0.132 e. The lowest BCUT2D eigenvalue weighted by Crippen LogP contribution is -2.12. The number of rotatable bonds is 1. The van der Waals surface area contributed by atoms with Crippen molar-refractivity contribution in [1.82, 2.24) is 4.98 Å². The number of carbonyl (C=O) groups is 1. The van der Waals surface area contributed by atoms with Crippen molar-refractivity contribution >= 4 is 5.78 Å². The highest BCUT2D eigenvalue weighted by atomic mass is 16.1. The largest absolute Gasteiger partial charge is 0.300 e. The van der Waals surface area contributed by atoms with Gasteiger partial charge in [0.05, 0.1) is 0 Å². The first-order chi connectivity index (χ1) is 7.36. The number of Topliss-reactive ketones (excluding diaryl/α,β-unsaturated/α-hetero) is 1. The third-order valence-electron chi connectivity index (χ3n) is 2.70. The lowest BCUT2D eigenvalue weighted by molar-refractivity contribution is -0.120. The highest BCUT2D eigenvalue weighted by molar-refractivity contribution is 5.79. The van der Waals surface area contributed by atoms with Crippen molar-refractivity contribution in [3.8, 4) is 0 Å². The molecular weight excluding hydrogens is 186 g/mol. The van der Waals surface area contributed by atoms with Crippen LogP contribution in [0.4, 0.5) is 0 Å². The maximum absolute atomic E-state index is 11.0. The Bertz CT molecular complexity index is 298. The zero-order valence-electron chi connectivity index (χ0n) is 8.98. The lowest BCUT2D eigenvalue weighted by Gasteiger charge is -2.20. The molecule has 0 radical (unpaired) electrons. The van der Waals surface area contributed by atoms with Crippen molar-refractivity contribution in [2.45, 2.75) is 31.6 Å². The summed E-state index contributed by atoms with van der Waals surface area (Å²) in [6, 6.07) is 4.07. The molecule has 80 valence electrons. The minimum Gasteiger partial charge on any atom is -0.300 e. The van der Waals surface area contributed by atoms with Crippen LogP contribution in [-0.4, -0.2) is 10.8 Å². The fraction of sp³-hybridized carbons (Fsp3) is 0.385. The lowest BCUT2D eigenvalue weighted by atomic mass is 9.84. The van der Waals surface area contributed by atoms with Crippen LogP contribution >= 0.6 is 0 Å². The van der Waals surface area contributed by atoms with Crippen LogP contribution in [0.15, 0.2) is 37.7 Å². The van der Waals surface area contributed by atoms with Crippen molar-refractivity contribution in [3.05, 3.63) is 43.2 Å². The number of nitrogens with zero attached hydrogens (tertiary/aromatic N) is 1. The minimum atomic E-state index is 0.417. The second-order valence-electron chi connectivity index (χ2n) is 3.60. The van der Waals surface area contributed by atoms with Gasteiger partial charge >= 0.3 is 0 Å². The van der Waals surface area contributed by atoms with Gasteiger partial charge in [-0.2, -0.15) is 0 Å². The summed E-state index contributed by atoms with van der Waals surface area (Å²) in [6.07, 6.45) is 7.21. The summed E-state index contributed by atoms with van der Waals surface area (Å²) in [5.74, 6) is 0.978. The van der Waals surface area contributed by atoms with Crippen molar-refractivity contribution in [2.24, 2.45) is 0 Å². The molecule has 0 atom stereocenters. The van der Waals surface area contributed by atoms with Crippen LogP contribution in [0.3, 0.4) is 0 Å². The van der Waals surface area contributed by atoms with Crippen molar-refractivity contribution in [2.75, 3.05) is 0 Å². The summed E-state index contributed by atoms with van der Waals surface area (Å²) in [5.41, 5.74) is 1.29. The molecule has 1 heterocycles. The Balaban J connectivity index is 0.000000531. The van der Waals surface area contributed by atoms with Crippen molar-refractivity contribution in [3.63, 3.8) is 0 Å². The molecule has 1 aliphatic carbocycles. The highest BCUT2D eigenvalue weighted by Crippen LogP contribution is 2.30. The second kappa shape index (κ2) is 6.12. The van der Waals surface area contributed by atoms with E-state index in [-0.39, 0.29) is 0 Å². The normalized spacial score (nSPS) is 16.7. The van der Waals surface area contributed by atoms with E-state index in [0.717, 1.165) is 25.7 Å². The standard InChI is InChI=1S/C11H13NO.C2H4/c13-11-5-3-9(4-6-11)10-2-1-7-12-8-10;1-2/h1-2,7-9H,3-6H2;1-2H2. The van der Waals surface area contributed by atoms with Crippen LogP contribution < -0.4 is 0 Å². The van der Waals surface area contributed by atoms with Gasteiger partial charge in [-0.15, -0.1) is 13.2 Å². The van der Waals surface area contributed by atoms with Gasteiger partial charge in [0.2, 0.25) is 0 Å². The van der Waals surface area contributed by atoms with E-state index in [0.29, 0.717) is 11.7 Å². The molecule has 1 saturated carbocycles. The summed E-state index contributed by atoms with van der Waals surface area (Å²) in [5, 5.41) is 0. The zero-order chi connectivity index (χ0) is 11.1. The third-order valence-corrected chi connectivity index (χ3v) is 2.70. The Labute approximate surface area is 91.0 Å². The molecule has 1 aliphatic rings. The number of pyridine rings is 1. The van der Waals surface area contributed by atoms with Crippen LogP contribution in [0.5, 0.6) is 0 Å². The summed E-state index contributed by atoms with van der Waals surface area (Å²) in [4.78, 5) is 15.1. The van der Waals surface area contributed by atoms with E-state index in [1.165, 1.54) is 5.56 Å². The van der Waals surface area contributed by atoms with E-state index in [4.69, 9.17) is 0 Å². The van der Waals surface area contributed by atoms with Gasteiger partial charge in [0.25, 0.3) is 0 Å². The van der Waals surface area contributed by atoms with Crippen LogP contribution in [0, 0.1) is 0 Å². The molecule has 0 bridgehead atoms. The van der Waals surface area contributed by atoms with Gasteiger partial charge in [0, 0.05) is 25.2 Å². The maximum atomic E-state index is 11.0. The van der Waals surface area contributed by atoms with Crippen LogP contribution in [0.2, 0.25) is 0 Å². The number of aromatic nitrogens is 1. The molecule has 0 aliphatic heterocycles. The molecule has 2 heteroatoms. The van der Waals surface area contributed by atoms with Gasteiger partial charge in [-0.1, -0.05) is 6.07 Å². The Hall–Kier alpha value is -1.44. The molecule has 15 heavy (non-hydrogen) atoms. The topological polar surface area (TPSA) is 30.0 Å². The quantitative estimate of drug-likeness (QED) is 0.656. The van der Waals surface area contributed by atoms with Gasteiger partial charge in [0.15, 0.2) is 0 Å². The monoisotopic (exact) mass is 203 g/mol. The summed E-state index contributed by atoms with van der Waals surface area (Å²) >= 11 is 0. The van der Waals surface area contributed by atoms with E-state index >= 15 is 0 Å². The summed E-state index contributed by atoms with van der Waals surface area (Å²) in [6.45, 7) is 6.00. The van der Waals surface area contributed by atoms with Gasteiger partial charge in [-0.3, -0.25) is 9.78 Å². The molecule has 1 fully saturated rings. The van der Waals surface area contributed by atoms with E-state index in [9.17, 15) is 4.79 Å². The Kier molecular flexibility index (Phi) is 4.75. The summed E-state index contributed by atoms with van der Waals surface area (Å²) in [7, 11) is 0. The first kappa shape index (κ1) is 11.6. The van der Waals surface area contributed by atoms with E-state index < -0.39 is 0 Å². The number of hydrogen-bond acceptors (Lipinski definition) is 2. The van der Waals surface area contributed by atoms with Gasteiger partial charge in [-0.25, -0.2) is 0 Å². The van der Waals surface area contributed by atoms with E-state index in [2.05, 4.69) is 24.2 Å². The predicted octanol–water partition coefficient (Wildman–Crippen LogP) is 3.11. The van der Waals surface area contributed by atoms with Crippen LogP contribution in [-0.2, 0) is 4.79 Å². The number of ketones is 1. The molecule has 2 rings (SSSR count). The molecule has 1 aromatic heterocycles. The molecule has 0 N–H and O–H groups in total. The van der Waals surface area contributed by atoms with Gasteiger partial charge in [-0.05, 0) is 30.4 Å².